The Morgan fingerprint density at radius 1 is 1.06 bits per heavy atom. The number of sulfonamides is 1. The summed E-state index contributed by atoms with van der Waals surface area (Å²) < 4.78 is 37.6. The van der Waals surface area contributed by atoms with Gasteiger partial charge in [-0.3, -0.25) is 9.52 Å². The van der Waals surface area contributed by atoms with E-state index < -0.39 is 28.5 Å². The molecular formula is C20H17ClN2O6S2. The average Bonchev–Trinajstić information content (AvgIpc) is 3.28. The lowest BCUT2D eigenvalue weighted by molar-refractivity contribution is -0.119. The minimum Gasteiger partial charge on any atom is -0.495 e. The molecule has 11 heteroatoms. The Bertz CT molecular complexity index is 1200. The van der Waals surface area contributed by atoms with Gasteiger partial charge in [0, 0.05) is 5.02 Å². The Balaban J connectivity index is 1.68. The average molecular weight is 481 g/mol. The van der Waals surface area contributed by atoms with Crippen molar-refractivity contribution in [3.63, 3.8) is 0 Å². The van der Waals surface area contributed by atoms with Gasteiger partial charge < -0.3 is 14.8 Å². The van der Waals surface area contributed by atoms with Crippen LogP contribution in [0.5, 0.6) is 5.75 Å². The molecule has 0 spiro atoms. The molecule has 1 amide bonds. The van der Waals surface area contributed by atoms with Gasteiger partial charge in [-0.1, -0.05) is 29.8 Å². The number of thiophene rings is 1. The molecule has 3 aromatic rings. The van der Waals surface area contributed by atoms with E-state index in [9.17, 15) is 18.0 Å². The third-order valence-electron chi connectivity index (χ3n) is 3.92. The Morgan fingerprint density at radius 2 is 1.84 bits per heavy atom. The molecule has 31 heavy (non-hydrogen) atoms. The maximum Gasteiger partial charge on any atom is 0.340 e. The summed E-state index contributed by atoms with van der Waals surface area (Å²) in [6, 6.07) is 13.7. The van der Waals surface area contributed by atoms with E-state index in [0.29, 0.717) is 16.5 Å². The molecule has 0 saturated carbocycles. The summed E-state index contributed by atoms with van der Waals surface area (Å²) in [4.78, 5) is 24.7. The molecular weight excluding hydrogens is 464 g/mol. The van der Waals surface area contributed by atoms with Crippen molar-refractivity contribution in [2.75, 3.05) is 23.8 Å². The van der Waals surface area contributed by atoms with Gasteiger partial charge in [-0.25, -0.2) is 13.2 Å². The minimum absolute atomic E-state index is 0.0317. The lowest BCUT2D eigenvalue weighted by Crippen LogP contribution is -2.22. The lowest BCUT2D eigenvalue weighted by Gasteiger charge is -2.12. The third-order valence-corrected chi connectivity index (χ3v) is 6.92. The molecule has 162 valence electrons. The van der Waals surface area contributed by atoms with Gasteiger partial charge in [-0.05, 0) is 41.8 Å². The van der Waals surface area contributed by atoms with Crippen LogP contribution in [-0.4, -0.2) is 34.0 Å². The Hall–Kier alpha value is -3.08. The normalized spacial score (nSPS) is 10.9. The van der Waals surface area contributed by atoms with Crippen molar-refractivity contribution < 1.29 is 27.5 Å². The molecule has 0 saturated heterocycles. The number of carbonyl (C=O) groups is 2. The number of rotatable bonds is 8. The quantitative estimate of drug-likeness (QED) is 0.471. The molecule has 0 radical (unpaired) electrons. The lowest BCUT2D eigenvalue weighted by atomic mass is 10.2. The molecule has 0 aliphatic rings. The SMILES string of the molecule is COc1ccc(Cl)cc1NC(=O)COC(=O)c1ccccc1NS(=O)(=O)c1cccs1. The highest BCUT2D eigenvalue weighted by Crippen LogP contribution is 2.28. The molecule has 1 aromatic heterocycles. The molecule has 0 bridgehead atoms. The molecule has 0 aliphatic carbocycles. The van der Waals surface area contributed by atoms with Gasteiger partial charge in [0.2, 0.25) is 0 Å². The van der Waals surface area contributed by atoms with Gasteiger partial charge in [0.15, 0.2) is 6.61 Å². The van der Waals surface area contributed by atoms with Crippen molar-refractivity contribution in [2.24, 2.45) is 0 Å². The molecule has 2 aromatic carbocycles. The predicted molar refractivity (Wildman–Crippen MR) is 118 cm³/mol. The van der Waals surface area contributed by atoms with E-state index in [1.807, 2.05) is 0 Å². The van der Waals surface area contributed by atoms with Crippen LogP contribution in [-0.2, 0) is 19.6 Å². The second-order valence-electron chi connectivity index (χ2n) is 6.05. The van der Waals surface area contributed by atoms with Crippen LogP contribution in [0.25, 0.3) is 0 Å². The zero-order valence-corrected chi connectivity index (χ0v) is 18.5. The fourth-order valence-corrected chi connectivity index (χ4v) is 4.78. The third kappa shape index (κ3) is 5.75. The first-order valence-corrected chi connectivity index (χ1v) is 11.5. The van der Waals surface area contributed by atoms with Gasteiger partial charge in [0.1, 0.15) is 9.96 Å². The number of methoxy groups -OCH3 is 1. The van der Waals surface area contributed by atoms with E-state index in [1.54, 1.807) is 35.7 Å². The predicted octanol–water partition coefficient (Wildman–Crippen LogP) is 4.01. The second-order valence-corrected chi connectivity index (χ2v) is 9.35. The van der Waals surface area contributed by atoms with Crippen molar-refractivity contribution >= 4 is 56.2 Å². The highest BCUT2D eigenvalue weighted by atomic mass is 35.5. The first-order chi connectivity index (χ1) is 14.8. The summed E-state index contributed by atoms with van der Waals surface area (Å²) in [7, 11) is -2.42. The summed E-state index contributed by atoms with van der Waals surface area (Å²) in [5.74, 6) is -1.10. The van der Waals surface area contributed by atoms with E-state index in [2.05, 4.69) is 10.0 Å². The van der Waals surface area contributed by atoms with E-state index in [1.165, 1.54) is 31.4 Å². The van der Waals surface area contributed by atoms with Crippen molar-refractivity contribution in [3.8, 4) is 5.75 Å². The Morgan fingerprint density at radius 3 is 2.55 bits per heavy atom. The van der Waals surface area contributed by atoms with E-state index in [0.717, 1.165) is 11.3 Å². The smallest absolute Gasteiger partial charge is 0.340 e. The Kier molecular flexibility index (Phi) is 7.16. The maximum atomic E-state index is 12.5. The van der Waals surface area contributed by atoms with Crippen LogP contribution in [0.4, 0.5) is 11.4 Å². The standard InChI is InChI=1S/C20H17ClN2O6S2/c1-28-17-9-8-13(21)11-16(17)22-18(24)12-29-20(25)14-5-2-3-6-15(14)23-31(26,27)19-7-4-10-30-19/h2-11,23H,12H2,1H3,(H,22,24). The molecule has 8 nitrogen and oxygen atoms in total. The largest absolute Gasteiger partial charge is 0.495 e. The number of hydrogen-bond donors (Lipinski definition) is 2. The topological polar surface area (TPSA) is 111 Å². The number of halogens is 1. The number of amides is 1. The van der Waals surface area contributed by atoms with E-state index in [-0.39, 0.29) is 15.5 Å². The van der Waals surface area contributed by atoms with Gasteiger partial charge in [-0.2, -0.15) is 0 Å². The van der Waals surface area contributed by atoms with Gasteiger partial charge in [0.25, 0.3) is 15.9 Å². The van der Waals surface area contributed by atoms with Crippen molar-refractivity contribution in [3.05, 3.63) is 70.6 Å². The minimum atomic E-state index is -3.85. The second kappa shape index (κ2) is 9.82. The molecule has 0 fully saturated rings. The summed E-state index contributed by atoms with van der Waals surface area (Å²) in [6.45, 7) is -0.597. The molecule has 0 unspecified atom stereocenters. The zero-order valence-electron chi connectivity index (χ0n) is 16.1. The molecule has 3 rings (SSSR count). The first kappa shape index (κ1) is 22.6. The fourth-order valence-electron chi connectivity index (χ4n) is 2.53. The Labute approximate surface area is 187 Å². The number of carbonyl (C=O) groups excluding carboxylic acids is 2. The fraction of sp³-hybridized carbons (Fsp3) is 0.100. The van der Waals surface area contributed by atoms with Gasteiger partial charge >= 0.3 is 5.97 Å². The number of anilines is 2. The number of benzene rings is 2. The van der Waals surface area contributed by atoms with E-state index >= 15 is 0 Å². The summed E-state index contributed by atoms with van der Waals surface area (Å²) in [6.07, 6.45) is 0. The van der Waals surface area contributed by atoms with Gasteiger partial charge in [0.05, 0.1) is 24.0 Å². The number of esters is 1. The number of ether oxygens (including phenoxy) is 2. The molecule has 2 N–H and O–H groups in total. The van der Waals surface area contributed by atoms with Crippen LogP contribution in [0.3, 0.4) is 0 Å². The zero-order chi connectivity index (χ0) is 22.4. The van der Waals surface area contributed by atoms with Crippen LogP contribution in [0.15, 0.2) is 64.2 Å². The van der Waals surface area contributed by atoms with Crippen molar-refractivity contribution in [2.45, 2.75) is 4.21 Å². The highest BCUT2D eigenvalue weighted by molar-refractivity contribution is 7.94. The van der Waals surface area contributed by atoms with Crippen LogP contribution >= 0.6 is 22.9 Å². The maximum absolute atomic E-state index is 12.5. The molecule has 0 aliphatic heterocycles. The van der Waals surface area contributed by atoms with Gasteiger partial charge in [-0.15, -0.1) is 11.3 Å². The summed E-state index contributed by atoms with van der Waals surface area (Å²) in [5, 5.41) is 4.56. The molecule has 1 heterocycles. The van der Waals surface area contributed by atoms with Crippen LogP contribution < -0.4 is 14.8 Å². The number of para-hydroxylation sites is 1. The van der Waals surface area contributed by atoms with Crippen molar-refractivity contribution in [1.29, 1.82) is 0 Å². The number of nitrogens with one attached hydrogen (secondary N) is 2. The van der Waals surface area contributed by atoms with Crippen LogP contribution in [0.2, 0.25) is 5.02 Å². The van der Waals surface area contributed by atoms with E-state index in [4.69, 9.17) is 21.1 Å². The number of hydrogen-bond acceptors (Lipinski definition) is 7. The highest BCUT2D eigenvalue weighted by Gasteiger charge is 2.21. The van der Waals surface area contributed by atoms with Crippen LogP contribution in [0, 0.1) is 0 Å². The van der Waals surface area contributed by atoms with Crippen LogP contribution in [0.1, 0.15) is 10.4 Å². The first-order valence-electron chi connectivity index (χ1n) is 8.76. The van der Waals surface area contributed by atoms with Crippen molar-refractivity contribution in [1.82, 2.24) is 0 Å². The molecule has 0 atom stereocenters. The monoisotopic (exact) mass is 480 g/mol. The summed E-state index contributed by atoms with van der Waals surface area (Å²) in [5.41, 5.74) is 0.328. The summed E-state index contributed by atoms with van der Waals surface area (Å²) >= 11 is 6.97.